The van der Waals surface area contributed by atoms with E-state index >= 15 is 0 Å². The molecule has 2 heteroatoms. The van der Waals surface area contributed by atoms with Crippen LogP contribution in [0.4, 0.5) is 4.39 Å². The van der Waals surface area contributed by atoms with Crippen LogP contribution >= 0.6 is 0 Å². The maximum Gasteiger partial charge on any atom is 0.127 e. The number of nitrogens with zero attached hydrogens (tertiary/aromatic N) is 1. The van der Waals surface area contributed by atoms with E-state index in [0.717, 1.165) is 42.1 Å². The van der Waals surface area contributed by atoms with E-state index in [0.29, 0.717) is 5.56 Å². The molecule has 2 fully saturated rings. The Labute approximate surface area is 152 Å². The van der Waals surface area contributed by atoms with Crippen LogP contribution in [0.25, 0.3) is 0 Å². The van der Waals surface area contributed by atoms with Crippen molar-refractivity contribution in [2.75, 3.05) is 0 Å². The highest BCUT2D eigenvalue weighted by Crippen LogP contribution is 2.42. The lowest BCUT2D eigenvalue weighted by Crippen LogP contribution is -2.25. The SMILES string of the molecule is CC[C@H]1CC[C@H](C2CCC(CCc3ccc(C#N)cc3F)CC2)CC1. The van der Waals surface area contributed by atoms with Gasteiger partial charge in [-0.2, -0.15) is 5.26 Å². The van der Waals surface area contributed by atoms with Crippen LogP contribution in [0.5, 0.6) is 0 Å². The van der Waals surface area contributed by atoms with Gasteiger partial charge in [-0.05, 0) is 79.9 Å². The van der Waals surface area contributed by atoms with Gasteiger partial charge in [-0.25, -0.2) is 4.39 Å². The van der Waals surface area contributed by atoms with Gasteiger partial charge in [0.25, 0.3) is 0 Å². The van der Waals surface area contributed by atoms with Crippen molar-refractivity contribution in [3.05, 3.63) is 35.1 Å². The third kappa shape index (κ3) is 4.84. The zero-order valence-corrected chi connectivity index (χ0v) is 15.6. The molecule has 1 aromatic carbocycles. The quantitative estimate of drug-likeness (QED) is 0.588. The van der Waals surface area contributed by atoms with Gasteiger partial charge in [0.2, 0.25) is 0 Å². The first-order valence-electron chi connectivity index (χ1n) is 10.4. The number of rotatable bonds is 5. The highest BCUT2D eigenvalue weighted by atomic mass is 19.1. The van der Waals surface area contributed by atoms with Crippen LogP contribution < -0.4 is 0 Å². The van der Waals surface area contributed by atoms with Crippen molar-refractivity contribution >= 4 is 0 Å². The predicted molar refractivity (Wildman–Crippen MR) is 101 cm³/mol. The third-order valence-corrected chi connectivity index (χ3v) is 7.03. The molecule has 0 radical (unpaired) electrons. The molecule has 0 bridgehead atoms. The summed E-state index contributed by atoms with van der Waals surface area (Å²) < 4.78 is 14.0. The number of hydrogen-bond acceptors (Lipinski definition) is 1. The molecule has 0 aromatic heterocycles. The fourth-order valence-electron chi connectivity index (χ4n) is 5.20. The minimum atomic E-state index is -0.208. The van der Waals surface area contributed by atoms with Gasteiger partial charge in [0.05, 0.1) is 11.6 Å². The summed E-state index contributed by atoms with van der Waals surface area (Å²) in [6, 6.07) is 6.91. The lowest BCUT2D eigenvalue weighted by atomic mass is 9.68. The molecule has 0 amide bonds. The summed E-state index contributed by atoms with van der Waals surface area (Å²) in [6.07, 6.45) is 14.6. The van der Waals surface area contributed by atoms with Crippen molar-refractivity contribution in [1.82, 2.24) is 0 Å². The van der Waals surface area contributed by atoms with Crippen LogP contribution in [0.3, 0.4) is 0 Å². The molecule has 0 unspecified atom stereocenters. The molecule has 3 rings (SSSR count). The molecular formula is C23H32FN. The van der Waals surface area contributed by atoms with Crippen molar-refractivity contribution in [3.63, 3.8) is 0 Å². The minimum Gasteiger partial charge on any atom is -0.207 e. The average molecular weight is 342 g/mol. The summed E-state index contributed by atoms with van der Waals surface area (Å²) in [5.74, 6) is 3.49. The second-order valence-electron chi connectivity index (χ2n) is 8.43. The molecule has 1 nitrogen and oxygen atoms in total. The van der Waals surface area contributed by atoms with E-state index in [9.17, 15) is 4.39 Å². The first kappa shape index (κ1) is 18.4. The first-order chi connectivity index (χ1) is 12.2. The van der Waals surface area contributed by atoms with Crippen molar-refractivity contribution in [3.8, 4) is 6.07 Å². The Balaban J connectivity index is 1.42. The Morgan fingerprint density at radius 3 is 2.08 bits per heavy atom. The molecule has 136 valence electrons. The Morgan fingerprint density at radius 1 is 0.960 bits per heavy atom. The van der Waals surface area contributed by atoms with Crippen molar-refractivity contribution in [1.29, 1.82) is 5.26 Å². The van der Waals surface area contributed by atoms with Gasteiger partial charge in [0, 0.05) is 0 Å². The maximum atomic E-state index is 14.0. The highest BCUT2D eigenvalue weighted by molar-refractivity contribution is 5.32. The Morgan fingerprint density at radius 2 is 1.56 bits per heavy atom. The summed E-state index contributed by atoms with van der Waals surface area (Å²) in [5, 5.41) is 8.83. The zero-order chi connectivity index (χ0) is 17.6. The molecule has 2 saturated carbocycles. The van der Waals surface area contributed by atoms with Gasteiger partial charge >= 0.3 is 0 Å². The first-order valence-corrected chi connectivity index (χ1v) is 10.4. The zero-order valence-electron chi connectivity index (χ0n) is 15.6. The predicted octanol–water partition coefficient (Wildman–Crippen LogP) is 6.65. The second-order valence-corrected chi connectivity index (χ2v) is 8.43. The summed E-state index contributed by atoms with van der Waals surface area (Å²) in [5.41, 5.74) is 1.19. The summed E-state index contributed by atoms with van der Waals surface area (Å²) >= 11 is 0. The molecule has 25 heavy (non-hydrogen) atoms. The molecule has 0 saturated heterocycles. The Bertz CT molecular complexity index is 587. The number of nitriles is 1. The van der Waals surface area contributed by atoms with E-state index in [1.165, 1.54) is 63.9 Å². The highest BCUT2D eigenvalue weighted by Gasteiger charge is 2.30. The average Bonchev–Trinajstić information content (AvgIpc) is 2.67. The van der Waals surface area contributed by atoms with Crippen molar-refractivity contribution in [2.24, 2.45) is 23.7 Å². The van der Waals surface area contributed by atoms with E-state index in [1.54, 1.807) is 12.1 Å². The van der Waals surface area contributed by atoms with E-state index in [-0.39, 0.29) is 5.82 Å². The lowest BCUT2D eigenvalue weighted by Gasteiger charge is -2.37. The summed E-state index contributed by atoms with van der Waals surface area (Å²) in [6.45, 7) is 2.34. The van der Waals surface area contributed by atoms with Crippen LogP contribution in [-0.4, -0.2) is 0 Å². The van der Waals surface area contributed by atoms with Gasteiger partial charge in [-0.3, -0.25) is 0 Å². The molecular weight excluding hydrogens is 309 g/mol. The molecule has 0 aliphatic heterocycles. The molecule has 0 N–H and O–H groups in total. The van der Waals surface area contributed by atoms with Crippen LogP contribution in [0.2, 0.25) is 0 Å². The van der Waals surface area contributed by atoms with E-state index < -0.39 is 0 Å². The monoisotopic (exact) mass is 341 g/mol. The summed E-state index contributed by atoms with van der Waals surface area (Å²) in [4.78, 5) is 0. The fraction of sp³-hybridized carbons (Fsp3) is 0.696. The number of hydrogen-bond donors (Lipinski definition) is 0. The molecule has 0 heterocycles. The molecule has 1 aromatic rings. The van der Waals surface area contributed by atoms with Crippen molar-refractivity contribution < 1.29 is 4.39 Å². The van der Waals surface area contributed by atoms with Gasteiger partial charge in [-0.15, -0.1) is 0 Å². The molecule has 2 aliphatic carbocycles. The van der Waals surface area contributed by atoms with Crippen LogP contribution in [0.15, 0.2) is 18.2 Å². The van der Waals surface area contributed by atoms with E-state index in [2.05, 4.69) is 6.92 Å². The normalized spacial score (nSPS) is 30.0. The van der Waals surface area contributed by atoms with Crippen molar-refractivity contribution in [2.45, 2.75) is 77.6 Å². The Hall–Kier alpha value is -1.36. The minimum absolute atomic E-state index is 0.208. The lowest BCUT2D eigenvalue weighted by molar-refractivity contribution is 0.142. The third-order valence-electron chi connectivity index (χ3n) is 7.03. The molecule has 0 spiro atoms. The van der Waals surface area contributed by atoms with Gasteiger partial charge in [-0.1, -0.05) is 45.1 Å². The largest absolute Gasteiger partial charge is 0.207 e. The number of benzene rings is 1. The van der Waals surface area contributed by atoms with Gasteiger partial charge in [0.15, 0.2) is 0 Å². The number of halogens is 1. The topological polar surface area (TPSA) is 23.8 Å². The van der Waals surface area contributed by atoms with Crippen LogP contribution in [-0.2, 0) is 6.42 Å². The standard InChI is InChI=1S/C23H32FN/c1-2-17-3-9-20(10-4-17)21-11-5-18(6-12-21)7-13-22-14-8-19(16-25)15-23(22)24/h8,14-15,17-18,20-21H,2-7,9-13H2,1H3/t17-,18?,20-,21?. The molecule has 2 aliphatic rings. The second kappa shape index (κ2) is 8.84. The number of aryl methyl sites for hydroxylation is 1. The van der Waals surface area contributed by atoms with Gasteiger partial charge in [0.1, 0.15) is 5.82 Å². The van der Waals surface area contributed by atoms with Crippen LogP contribution in [0.1, 0.15) is 82.3 Å². The van der Waals surface area contributed by atoms with Gasteiger partial charge < -0.3 is 0 Å². The van der Waals surface area contributed by atoms with E-state index in [1.807, 2.05) is 6.07 Å². The molecule has 0 atom stereocenters. The Kier molecular flexibility index (Phi) is 6.51. The van der Waals surface area contributed by atoms with E-state index in [4.69, 9.17) is 5.26 Å². The fourth-order valence-corrected chi connectivity index (χ4v) is 5.20. The van der Waals surface area contributed by atoms with Crippen LogP contribution in [0, 0.1) is 40.8 Å². The maximum absolute atomic E-state index is 14.0. The summed E-state index contributed by atoms with van der Waals surface area (Å²) in [7, 11) is 0. The smallest absolute Gasteiger partial charge is 0.127 e.